The van der Waals surface area contributed by atoms with Crippen molar-refractivity contribution >= 4 is 17.7 Å². The van der Waals surface area contributed by atoms with Gasteiger partial charge in [0.15, 0.2) is 5.16 Å². The SMILES string of the molecule is O=C(O)CSc1nc(=O)ccn1Cc1ccon1. The molecule has 0 spiro atoms. The summed E-state index contributed by atoms with van der Waals surface area (Å²) >= 11 is 0.985. The number of carbonyl (C=O) groups is 1. The monoisotopic (exact) mass is 267 g/mol. The van der Waals surface area contributed by atoms with Crippen LogP contribution in [0.2, 0.25) is 0 Å². The van der Waals surface area contributed by atoms with Gasteiger partial charge < -0.3 is 14.2 Å². The van der Waals surface area contributed by atoms with Crippen molar-refractivity contribution in [2.24, 2.45) is 0 Å². The van der Waals surface area contributed by atoms with E-state index in [0.717, 1.165) is 11.8 Å². The third kappa shape index (κ3) is 3.20. The van der Waals surface area contributed by atoms with E-state index in [2.05, 4.69) is 10.1 Å². The number of nitrogens with zero attached hydrogens (tertiary/aromatic N) is 3. The van der Waals surface area contributed by atoms with Gasteiger partial charge in [0.05, 0.1) is 12.3 Å². The van der Waals surface area contributed by atoms with Crippen LogP contribution in [0.25, 0.3) is 0 Å². The number of hydrogen-bond donors (Lipinski definition) is 1. The van der Waals surface area contributed by atoms with Crippen molar-refractivity contribution in [2.75, 3.05) is 5.75 Å². The minimum atomic E-state index is -0.967. The van der Waals surface area contributed by atoms with Crippen LogP contribution in [0, 0.1) is 0 Å². The van der Waals surface area contributed by atoms with Crippen molar-refractivity contribution in [3.05, 3.63) is 40.6 Å². The number of aliphatic carboxylic acids is 1. The number of thioether (sulfide) groups is 1. The van der Waals surface area contributed by atoms with Gasteiger partial charge >= 0.3 is 5.97 Å². The van der Waals surface area contributed by atoms with E-state index in [9.17, 15) is 9.59 Å². The largest absolute Gasteiger partial charge is 0.481 e. The second kappa shape index (κ2) is 5.50. The summed E-state index contributed by atoms with van der Waals surface area (Å²) in [5, 5.41) is 12.7. The van der Waals surface area contributed by atoms with E-state index in [1.54, 1.807) is 16.8 Å². The van der Waals surface area contributed by atoms with Crippen LogP contribution >= 0.6 is 11.8 Å². The molecule has 2 rings (SSSR count). The molecule has 0 saturated carbocycles. The highest BCUT2D eigenvalue weighted by Gasteiger charge is 2.08. The standard InChI is InChI=1S/C10H9N3O4S/c14-8-1-3-13(5-7-2-4-17-12-7)10(11-8)18-6-9(15)16/h1-4H,5-6H2,(H,15,16). The second-order valence-electron chi connectivity index (χ2n) is 3.35. The normalized spacial score (nSPS) is 10.4. The molecule has 0 radical (unpaired) electrons. The van der Waals surface area contributed by atoms with Gasteiger partial charge in [-0.15, -0.1) is 0 Å². The molecule has 94 valence electrons. The predicted molar refractivity (Wildman–Crippen MR) is 62.5 cm³/mol. The lowest BCUT2D eigenvalue weighted by Crippen LogP contribution is -2.15. The molecule has 0 bridgehead atoms. The molecule has 0 aliphatic rings. The molecule has 8 heteroatoms. The number of carboxylic acid groups (broad SMARTS) is 1. The first kappa shape index (κ1) is 12.4. The van der Waals surface area contributed by atoms with Crippen molar-refractivity contribution < 1.29 is 14.4 Å². The Hall–Kier alpha value is -2.09. The summed E-state index contributed by atoms with van der Waals surface area (Å²) < 4.78 is 6.35. The van der Waals surface area contributed by atoms with Gasteiger partial charge in [-0.1, -0.05) is 16.9 Å². The molecule has 0 unspecified atom stereocenters. The molecule has 0 fully saturated rings. The van der Waals surface area contributed by atoms with Gasteiger partial charge in [0.25, 0.3) is 5.56 Å². The lowest BCUT2D eigenvalue weighted by atomic mass is 10.4. The Bertz CT molecular complexity index is 593. The van der Waals surface area contributed by atoms with Crippen LogP contribution in [0.5, 0.6) is 0 Å². The van der Waals surface area contributed by atoms with Crippen LogP contribution < -0.4 is 5.56 Å². The minimum Gasteiger partial charge on any atom is -0.481 e. The zero-order chi connectivity index (χ0) is 13.0. The first-order chi connectivity index (χ1) is 8.65. The Labute approximate surface area is 105 Å². The molecule has 18 heavy (non-hydrogen) atoms. The van der Waals surface area contributed by atoms with Crippen molar-refractivity contribution in [3.63, 3.8) is 0 Å². The lowest BCUT2D eigenvalue weighted by molar-refractivity contribution is -0.133. The highest BCUT2D eigenvalue weighted by Crippen LogP contribution is 2.14. The topological polar surface area (TPSA) is 98.2 Å². The number of rotatable bonds is 5. The number of hydrogen-bond acceptors (Lipinski definition) is 6. The first-order valence-corrected chi connectivity index (χ1v) is 5.95. The minimum absolute atomic E-state index is 0.157. The van der Waals surface area contributed by atoms with Crippen molar-refractivity contribution in [3.8, 4) is 0 Å². The van der Waals surface area contributed by atoms with E-state index in [1.807, 2.05) is 0 Å². The molecule has 0 amide bonds. The van der Waals surface area contributed by atoms with Crippen LogP contribution in [0.15, 0.2) is 39.1 Å². The smallest absolute Gasteiger partial charge is 0.313 e. The first-order valence-electron chi connectivity index (χ1n) is 4.96. The Kier molecular flexibility index (Phi) is 3.78. The van der Waals surface area contributed by atoms with Gasteiger partial charge in [0.2, 0.25) is 0 Å². The Morgan fingerprint density at radius 3 is 3.00 bits per heavy atom. The van der Waals surface area contributed by atoms with Gasteiger partial charge in [-0.25, -0.2) is 0 Å². The van der Waals surface area contributed by atoms with Gasteiger partial charge in [-0.3, -0.25) is 9.59 Å². The van der Waals surface area contributed by atoms with E-state index in [1.165, 1.54) is 12.3 Å². The molecule has 0 aliphatic heterocycles. The average molecular weight is 267 g/mol. The highest BCUT2D eigenvalue weighted by molar-refractivity contribution is 7.99. The molecule has 0 aliphatic carbocycles. The summed E-state index contributed by atoms with van der Waals surface area (Å²) in [4.78, 5) is 25.5. The summed E-state index contributed by atoms with van der Waals surface area (Å²) in [6.07, 6.45) is 2.99. The van der Waals surface area contributed by atoms with Gasteiger partial charge in [-0.2, -0.15) is 4.98 Å². The lowest BCUT2D eigenvalue weighted by Gasteiger charge is -2.08. The molecule has 2 aromatic heterocycles. The maximum atomic E-state index is 11.2. The van der Waals surface area contributed by atoms with Crippen molar-refractivity contribution in [2.45, 2.75) is 11.7 Å². The third-order valence-electron chi connectivity index (χ3n) is 2.00. The molecule has 0 saturated heterocycles. The number of carboxylic acids is 1. The van der Waals surface area contributed by atoms with E-state index in [-0.39, 0.29) is 5.75 Å². The summed E-state index contributed by atoms with van der Waals surface area (Å²) in [7, 11) is 0. The number of aromatic nitrogens is 3. The van der Waals surface area contributed by atoms with Crippen LogP contribution in [0.1, 0.15) is 5.69 Å². The zero-order valence-electron chi connectivity index (χ0n) is 9.15. The average Bonchev–Trinajstić information content (AvgIpc) is 2.82. The molecular weight excluding hydrogens is 258 g/mol. The maximum Gasteiger partial charge on any atom is 0.313 e. The fraction of sp³-hybridized carbons (Fsp3) is 0.200. The van der Waals surface area contributed by atoms with Crippen LogP contribution in [0.4, 0.5) is 0 Å². The zero-order valence-corrected chi connectivity index (χ0v) is 9.96. The van der Waals surface area contributed by atoms with E-state index < -0.39 is 11.5 Å². The van der Waals surface area contributed by atoms with Gasteiger partial charge in [-0.05, 0) is 0 Å². The van der Waals surface area contributed by atoms with Crippen molar-refractivity contribution in [1.82, 2.24) is 14.7 Å². The van der Waals surface area contributed by atoms with Crippen molar-refractivity contribution in [1.29, 1.82) is 0 Å². The molecule has 1 N–H and O–H groups in total. The van der Waals surface area contributed by atoms with E-state index in [4.69, 9.17) is 9.63 Å². The summed E-state index contributed by atoms with van der Waals surface area (Å²) in [6, 6.07) is 2.99. The second-order valence-corrected chi connectivity index (χ2v) is 4.29. The molecule has 2 aromatic rings. The summed E-state index contributed by atoms with van der Waals surface area (Å²) in [5.74, 6) is -1.12. The fourth-order valence-corrected chi connectivity index (χ4v) is 1.97. The fourth-order valence-electron chi connectivity index (χ4n) is 1.27. The molecule has 0 atom stereocenters. The van der Waals surface area contributed by atoms with Crippen LogP contribution in [0.3, 0.4) is 0 Å². The molecule has 2 heterocycles. The highest BCUT2D eigenvalue weighted by atomic mass is 32.2. The predicted octanol–water partition coefficient (Wildman–Crippen LogP) is 0.456. The van der Waals surface area contributed by atoms with E-state index >= 15 is 0 Å². The third-order valence-corrected chi connectivity index (χ3v) is 2.97. The summed E-state index contributed by atoms with van der Waals surface area (Å²) in [5.41, 5.74) is 0.261. The maximum absolute atomic E-state index is 11.2. The summed E-state index contributed by atoms with van der Waals surface area (Å²) in [6.45, 7) is 0.367. The Morgan fingerprint density at radius 2 is 2.33 bits per heavy atom. The van der Waals surface area contributed by atoms with Crippen LogP contribution in [-0.4, -0.2) is 31.5 Å². The van der Waals surface area contributed by atoms with Gasteiger partial charge in [0.1, 0.15) is 12.0 Å². The van der Waals surface area contributed by atoms with E-state index in [0.29, 0.717) is 17.4 Å². The van der Waals surface area contributed by atoms with Gasteiger partial charge in [0, 0.05) is 18.3 Å². The Morgan fingerprint density at radius 1 is 1.50 bits per heavy atom. The molecular formula is C10H9N3O4S. The molecule has 7 nitrogen and oxygen atoms in total. The van der Waals surface area contributed by atoms with Crippen LogP contribution in [-0.2, 0) is 11.3 Å². The quantitative estimate of drug-likeness (QED) is 0.620. The Balaban J connectivity index is 2.22. The molecule has 0 aromatic carbocycles.